The van der Waals surface area contributed by atoms with Crippen LogP contribution in [-0.2, 0) is 22.4 Å². The molecule has 0 aliphatic heterocycles. The molecule has 1 heterocycles. The number of hydrogen-bond donors (Lipinski definition) is 3. The van der Waals surface area contributed by atoms with Gasteiger partial charge in [0.05, 0.1) is 5.56 Å². The molecule has 0 aromatic carbocycles. The molecule has 1 fully saturated rings. The molecule has 28 heavy (non-hydrogen) atoms. The number of fused-ring (bicyclic) bond motifs is 1. The summed E-state index contributed by atoms with van der Waals surface area (Å²) in [6.07, 6.45) is 7.28. The van der Waals surface area contributed by atoms with Crippen LogP contribution in [0.15, 0.2) is 0 Å². The summed E-state index contributed by atoms with van der Waals surface area (Å²) in [5.41, 5.74) is 1.73. The Balaban J connectivity index is 1.78. The van der Waals surface area contributed by atoms with E-state index < -0.39 is 5.97 Å². The van der Waals surface area contributed by atoms with Crippen LogP contribution in [0.5, 0.6) is 0 Å². The summed E-state index contributed by atoms with van der Waals surface area (Å²) in [7, 11) is 0. The lowest BCUT2D eigenvalue weighted by molar-refractivity contribution is -0.138. The second kappa shape index (κ2) is 9.07. The van der Waals surface area contributed by atoms with Gasteiger partial charge in [0.2, 0.25) is 5.91 Å². The number of nitrogens with one attached hydrogen (secondary N) is 2. The summed E-state index contributed by atoms with van der Waals surface area (Å²) in [6, 6.07) is 0.227. The van der Waals surface area contributed by atoms with Crippen LogP contribution in [0.25, 0.3) is 0 Å². The lowest BCUT2D eigenvalue weighted by atomic mass is 9.88. The fourth-order valence-electron chi connectivity index (χ4n) is 4.27. The zero-order valence-electron chi connectivity index (χ0n) is 16.7. The largest absolute Gasteiger partial charge is 0.481 e. The monoisotopic (exact) mass is 406 g/mol. The molecule has 154 valence electrons. The highest BCUT2D eigenvalue weighted by molar-refractivity contribution is 7.17. The smallest absolute Gasteiger partial charge is 0.303 e. The Hall–Kier alpha value is -1.89. The lowest BCUT2D eigenvalue weighted by Gasteiger charge is -2.19. The highest BCUT2D eigenvalue weighted by Crippen LogP contribution is 2.40. The van der Waals surface area contributed by atoms with E-state index in [1.165, 1.54) is 16.2 Å². The van der Waals surface area contributed by atoms with Gasteiger partial charge in [0, 0.05) is 23.8 Å². The van der Waals surface area contributed by atoms with Crippen molar-refractivity contribution < 1.29 is 19.5 Å². The van der Waals surface area contributed by atoms with Crippen LogP contribution in [0.1, 0.15) is 79.6 Å². The third-order valence-electron chi connectivity index (χ3n) is 5.74. The first-order valence-corrected chi connectivity index (χ1v) is 11.1. The van der Waals surface area contributed by atoms with Gasteiger partial charge in [0.1, 0.15) is 5.00 Å². The fourth-order valence-corrected chi connectivity index (χ4v) is 5.70. The quantitative estimate of drug-likeness (QED) is 0.638. The minimum Gasteiger partial charge on any atom is -0.481 e. The Morgan fingerprint density at radius 2 is 1.89 bits per heavy atom. The Morgan fingerprint density at radius 1 is 1.18 bits per heavy atom. The molecule has 7 heteroatoms. The number of anilines is 1. The van der Waals surface area contributed by atoms with Gasteiger partial charge in [-0.1, -0.05) is 26.7 Å². The molecule has 1 aromatic rings. The van der Waals surface area contributed by atoms with Gasteiger partial charge in [0.25, 0.3) is 5.91 Å². The van der Waals surface area contributed by atoms with Crippen LogP contribution in [0.4, 0.5) is 5.00 Å². The van der Waals surface area contributed by atoms with Gasteiger partial charge >= 0.3 is 5.97 Å². The van der Waals surface area contributed by atoms with E-state index in [1.54, 1.807) is 6.92 Å². The number of carbonyl (C=O) groups is 3. The van der Waals surface area contributed by atoms with Gasteiger partial charge in [0.15, 0.2) is 0 Å². The molecular formula is C21H30N2O4S. The van der Waals surface area contributed by atoms with Crippen molar-refractivity contribution in [2.75, 3.05) is 5.32 Å². The molecule has 0 saturated heterocycles. The number of carboxylic acid groups (broad SMARTS) is 1. The number of amides is 2. The Morgan fingerprint density at radius 3 is 2.57 bits per heavy atom. The number of hydrogen-bond acceptors (Lipinski definition) is 4. The van der Waals surface area contributed by atoms with Crippen LogP contribution in [0, 0.1) is 11.8 Å². The summed E-state index contributed by atoms with van der Waals surface area (Å²) in [4.78, 5) is 37.6. The minimum atomic E-state index is -0.905. The highest BCUT2D eigenvalue weighted by Gasteiger charge is 2.30. The molecule has 2 amide bonds. The number of aliphatic carboxylic acids is 1. The average molecular weight is 407 g/mol. The minimum absolute atomic E-state index is 0.0408. The van der Waals surface area contributed by atoms with Crippen molar-refractivity contribution in [2.24, 2.45) is 11.8 Å². The van der Waals surface area contributed by atoms with Gasteiger partial charge in [-0.05, 0) is 49.5 Å². The van der Waals surface area contributed by atoms with E-state index in [4.69, 9.17) is 5.11 Å². The van der Waals surface area contributed by atoms with Crippen molar-refractivity contribution in [1.29, 1.82) is 0 Å². The number of thiophene rings is 1. The summed E-state index contributed by atoms with van der Waals surface area (Å²) in [5.74, 6) is -0.875. The zero-order valence-corrected chi connectivity index (χ0v) is 17.5. The van der Waals surface area contributed by atoms with Crippen molar-refractivity contribution in [2.45, 2.75) is 77.7 Å². The molecule has 6 nitrogen and oxygen atoms in total. The van der Waals surface area contributed by atoms with Crippen molar-refractivity contribution in [1.82, 2.24) is 5.32 Å². The maximum Gasteiger partial charge on any atom is 0.303 e. The van der Waals surface area contributed by atoms with Crippen molar-refractivity contribution in [3.63, 3.8) is 0 Å². The van der Waals surface area contributed by atoms with Crippen molar-refractivity contribution in [3.05, 3.63) is 16.0 Å². The van der Waals surface area contributed by atoms with Gasteiger partial charge in [-0.15, -0.1) is 11.3 Å². The van der Waals surface area contributed by atoms with E-state index >= 15 is 0 Å². The van der Waals surface area contributed by atoms with Crippen LogP contribution >= 0.6 is 11.3 Å². The predicted molar refractivity (Wildman–Crippen MR) is 110 cm³/mol. The molecular weight excluding hydrogens is 376 g/mol. The Labute approximate surface area is 170 Å². The Kier molecular flexibility index (Phi) is 6.75. The first kappa shape index (κ1) is 20.8. The maximum absolute atomic E-state index is 13.1. The molecule has 0 bridgehead atoms. The highest BCUT2D eigenvalue weighted by atomic mass is 32.1. The first-order chi connectivity index (χ1) is 13.3. The normalized spacial score (nSPS) is 20.4. The van der Waals surface area contributed by atoms with E-state index in [2.05, 4.69) is 17.6 Å². The second-order valence-corrected chi connectivity index (χ2v) is 9.57. The molecule has 2 atom stereocenters. The molecule has 1 saturated carbocycles. The lowest BCUT2D eigenvalue weighted by Crippen LogP contribution is -2.33. The maximum atomic E-state index is 13.1. The van der Waals surface area contributed by atoms with Crippen LogP contribution in [0.3, 0.4) is 0 Å². The van der Waals surface area contributed by atoms with Gasteiger partial charge in [-0.3, -0.25) is 14.4 Å². The molecule has 0 radical (unpaired) electrons. The number of carbonyl (C=O) groups excluding carboxylic acids is 2. The molecule has 1 aromatic heterocycles. The van der Waals surface area contributed by atoms with E-state index in [-0.39, 0.29) is 36.6 Å². The first-order valence-electron chi connectivity index (χ1n) is 10.3. The van der Waals surface area contributed by atoms with Crippen LogP contribution in [-0.4, -0.2) is 28.9 Å². The second-order valence-electron chi connectivity index (χ2n) is 8.47. The zero-order chi connectivity index (χ0) is 20.3. The molecule has 2 aliphatic rings. The van der Waals surface area contributed by atoms with Crippen molar-refractivity contribution in [3.8, 4) is 0 Å². The summed E-state index contributed by atoms with van der Waals surface area (Å²) in [5, 5.41) is 15.6. The Bertz CT molecular complexity index is 752. The van der Waals surface area contributed by atoms with E-state index in [1.807, 2.05) is 0 Å². The molecule has 0 spiro atoms. The van der Waals surface area contributed by atoms with E-state index in [0.29, 0.717) is 16.5 Å². The molecule has 3 N–H and O–H groups in total. The third-order valence-corrected chi connectivity index (χ3v) is 6.91. The molecule has 3 rings (SSSR count). The third kappa shape index (κ3) is 5.13. The van der Waals surface area contributed by atoms with Gasteiger partial charge < -0.3 is 15.7 Å². The SMILES string of the molecule is C[C@H](CC(=O)O)CC(=O)Nc1sc2c(c1C(=O)NC1CCCC1)CC[C@@H](C)C2. The summed E-state index contributed by atoms with van der Waals surface area (Å²) in [6.45, 7) is 3.97. The van der Waals surface area contributed by atoms with Crippen LogP contribution < -0.4 is 10.6 Å². The topological polar surface area (TPSA) is 95.5 Å². The molecule has 0 unspecified atom stereocenters. The number of rotatable bonds is 7. The summed E-state index contributed by atoms with van der Waals surface area (Å²) >= 11 is 1.51. The van der Waals surface area contributed by atoms with E-state index in [9.17, 15) is 14.4 Å². The van der Waals surface area contributed by atoms with Crippen molar-refractivity contribution >= 4 is 34.1 Å². The van der Waals surface area contributed by atoms with Gasteiger partial charge in [-0.2, -0.15) is 0 Å². The van der Waals surface area contributed by atoms with Gasteiger partial charge in [-0.25, -0.2) is 0 Å². The van der Waals surface area contributed by atoms with E-state index in [0.717, 1.165) is 50.5 Å². The van der Waals surface area contributed by atoms with Crippen LogP contribution in [0.2, 0.25) is 0 Å². The molecule has 2 aliphatic carbocycles. The fraction of sp³-hybridized carbons (Fsp3) is 0.667. The summed E-state index contributed by atoms with van der Waals surface area (Å²) < 4.78 is 0. The standard InChI is InChI=1S/C21H30N2O4S/c1-12-7-8-15-16(9-12)28-21(23-17(24)10-13(2)11-18(25)26)19(15)20(27)22-14-5-3-4-6-14/h12-14H,3-11H2,1-2H3,(H,22,27)(H,23,24)(H,25,26)/t12-,13+/m1/s1. The average Bonchev–Trinajstić information content (AvgIpc) is 3.20. The predicted octanol–water partition coefficient (Wildman–Crippen LogP) is 3.98. The number of carboxylic acids is 1.